The van der Waals surface area contributed by atoms with Gasteiger partial charge in [-0.1, -0.05) is 12.1 Å². The number of amides is 3. The first-order valence-electron chi connectivity index (χ1n) is 8.87. The van der Waals surface area contributed by atoms with Crippen molar-refractivity contribution in [3.8, 4) is 11.5 Å². The topological polar surface area (TPSA) is 76.2 Å². The number of anilines is 1. The van der Waals surface area contributed by atoms with Crippen molar-refractivity contribution in [2.24, 2.45) is 0 Å². The standard InChI is InChI=1S/C21H22N2O5/c1-22(16-8-9-17(27-2)18(12-16)28-3)21(26)15-6-4-14(5-7-15)13-23-19(24)10-11-20(23)25/h4-9,12H,10-11,13H2,1-3H3. The van der Waals surface area contributed by atoms with Gasteiger partial charge in [-0.25, -0.2) is 0 Å². The summed E-state index contributed by atoms with van der Waals surface area (Å²) in [7, 11) is 4.77. The van der Waals surface area contributed by atoms with Crippen molar-refractivity contribution in [2.75, 3.05) is 26.2 Å². The molecule has 0 spiro atoms. The summed E-state index contributed by atoms with van der Waals surface area (Å²) >= 11 is 0. The number of rotatable bonds is 6. The van der Waals surface area contributed by atoms with Crippen LogP contribution in [0.4, 0.5) is 5.69 Å². The zero-order valence-corrected chi connectivity index (χ0v) is 16.1. The highest BCUT2D eigenvalue weighted by Gasteiger charge is 2.28. The lowest BCUT2D eigenvalue weighted by Gasteiger charge is -2.19. The summed E-state index contributed by atoms with van der Waals surface area (Å²) in [5.74, 6) is 0.626. The van der Waals surface area contributed by atoms with Crippen molar-refractivity contribution in [3.05, 3.63) is 53.6 Å². The Kier molecular flexibility index (Phi) is 5.63. The minimum absolute atomic E-state index is 0.154. The predicted octanol–water partition coefficient (Wildman–Crippen LogP) is 2.63. The minimum atomic E-state index is -0.188. The van der Waals surface area contributed by atoms with E-state index in [-0.39, 0.29) is 37.1 Å². The zero-order chi connectivity index (χ0) is 20.3. The minimum Gasteiger partial charge on any atom is -0.493 e. The van der Waals surface area contributed by atoms with E-state index in [2.05, 4.69) is 0 Å². The number of likely N-dealkylation sites (tertiary alicyclic amines) is 1. The smallest absolute Gasteiger partial charge is 0.258 e. The molecular weight excluding hydrogens is 360 g/mol. The molecule has 1 aliphatic heterocycles. The molecule has 146 valence electrons. The van der Waals surface area contributed by atoms with Crippen LogP contribution in [0, 0.1) is 0 Å². The van der Waals surface area contributed by atoms with Crippen LogP contribution in [0.5, 0.6) is 11.5 Å². The van der Waals surface area contributed by atoms with Crippen LogP contribution in [0.25, 0.3) is 0 Å². The third kappa shape index (κ3) is 3.83. The fraction of sp³-hybridized carbons (Fsp3) is 0.286. The lowest BCUT2D eigenvalue weighted by Crippen LogP contribution is -2.28. The average Bonchev–Trinajstić information content (AvgIpc) is 3.04. The van der Waals surface area contributed by atoms with Crippen molar-refractivity contribution in [3.63, 3.8) is 0 Å². The Morgan fingerprint density at radius 3 is 2.14 bits per heavy atom. The highest BCUT2D eigenvalue weighted by molar-refractivity contribution is 6.06. The molecule has 2 aromatic carbocycles. The summed E-state index contributed by atoms with van der Waals surface area (Å²) in [4.78, 5) is 39.0. The largest absolute Gasteiger partial charge is 0.493 e. The number of carbonyl (C=O) groups excluding carboxylic acids is 3. The molecule has 0 N–H and O–H groups in total. The molecule has 2 aromatic rings. The fourth-order valence-electron chi connectivity index (χ4n) is 3.08. The van der Waals surface area contributed by atoms with Gasteiger partial charge in [0, 0.05) is 37.2 Å². The maximum atomic E-state index is 12.8. The summed E-state index contributed by atoms with van der Waals surface area (Å²) < 4.78 is 10.5. The van der Waals surface area contributed by atoms with E-state index in [1.165, 1.54) is 16.9 Å². The second-order valence-electron chi connectivity index (χ2n) is 6.47. The Labute approximate surface area is 163 Å². The average molecular weight is 382 g/mol. The van der Waals surface area contributed by atoms with Gasteiger partial charge in [0.05, 0.1) is 20.8 Å². The predicted molar refractivity (Wildman–Crippen MR) is 104 cm³/mol. The maximum Gasteiger partial charge on any atom is 0.258 e. The van der Waals surface area contributed by atoms with Crippen molar-refractivity contribution >= 4 is 23.4 Å². The van der Waals surface area contributed by atoms with Gasteiger partial charge in [-0.05, 0) is 29.8 Å². The molecule has 3 rings (SSSR count). The molecule has 0 aromatic heterocycles. The molecule has 7 heteroatoms. The van der Waals surface area contributed by atoms with E-state index in [0.29, 0.717) is 22.7 Å². The van der Waals surface area contributed by atoms with Gasteiger partial charge in [0.15, 0.2) is 11.5 Å². The number of hydrogen-bond donors (Lipinski definition) is 0. The van der Waals surface area contributed by atoms with Gasteiger partial charge in [-0.2, -0.15) is 0 Å². The summed E-state index contributed by atoms with van der Waals surface area (Å²) in [5, 5.41) is 0. The van der Waals surface area contributed by atoms with E-state index in [1.54, 1.807) is 56.6 Å². The molecule has 3 amide bonds. The van der Waals surface area contributed by atoms with Crippen molar-refractivity contribution in [1.29, 1.82) is 0 Å². The van der Waals surface area contributed by atoms with E-state index >= 15 is 0 Å². The summed E-state index contributed by atoms with van der Waals surface area (Å²) in [6.07, 6.45) is 0.539. The Balaban J connectivity index is 1.73. The van der Waals surface area contributed by atoms with Gasteiger partial charge < -0.3 is 14.4 Å². The van der Waals surface area contributed by atoms with Gasteiger partial charge in [-0.3, -0.25) is 19.3 Å². The maximum absolute atomic E-state index is 12.8. The van der Waals surface area contributed by atoms with E-state index in [4.69, 9.17) is 9.47 Å². The molecule has 0 unspecified atom stereocenters. The summed E-state index contributed by atoms with van der Waals surface area (Å²) in [6.45, 7) is 0.234. The van der Waals surface area contributed by atoms with E-state index in [1.807, 2.05) is 0 Å². The highest BCUT2D eigenvalue weighted by atomic mass is 16.5. The molecule has 0 atom stereocenters. The molecule has 0 aliphatic carbocycles. The number of carbonyl (C=O) groups is 3. The summed E-state index contributed by atoms with van der Waals surface area (Å²) in [6, 6.07) is 12.2. The Hall–Kier alpha value is -3.35. The first-order chi connectivity index (χ1) is 13.4. The van der Waals surface area contributed by atoms with Gasteiger partial charge in [0.1, 0.15) is 0 Å². The lowest BCUT2D eigenvalue weighted by molar-refractivity contribution is -0.139. The molecule has 28 heavy (non-hydrogen) atoms. The highest BCUT2D eigenvalue weighted by Crippen LogP contribution is 2.31. The number of ether oxygens (including phenoxy) is 2. The molecule has 0 bridgehead atoms. The van der Waals surface area contributed by atoms with Crippen LogP contribution in [0.2, 0.25) is 0 Å². The monoisotopic (exact) mass is 382 g/mol. The van der Waals surface area contributed by atoms with Crippen LogP contribution < -0.4 is 14.4 Å². The molecule has 1 aliphatic rings. The van der Waals surface area contributed by atoms with Gasteiger partial charge >= 0.3 is 0 Å². The Morgan fingerprint density at radius 1 is 0.964 bits per heavy atom. The first kappa shape index (κ1) is 19.4. The Morgan fingerprint density at radius 2 is 1.57 bits per heavy atom. The fourth-order valence-corrected chi connectivity index (χ4v) is 3.08. The first-order valence-corrected chi connectivity index (χ1v) is 8.87. The number of imide groups is 1. The number of nitrogens with zero attached hydrogens (tertiary/aromatic N) is 2. The van der Waals surface area contributed by atoms with E-state index < -0.39 is 0 Å². The molecule has 7 nitrogen and oxygen atoms in total. The van der Waals surface area contributed by atoms with Crippen molar-refractivity contribution in [1.82, 2.24) is 4.90 Å². The molecule has 0 saturated carbocycles. The van der Waals surface area contributed by atoms with Gasteiger partial charge in [0.2, 0.25) is 11.8 Å². The van der Waals surface area contributed by atoms with Crippen LogP contribution >= 0.6 is 0 Å². The van der Waals surface area contributed by atoms with Crippen LogP contribution in [0.1, 0.15) is 28.8 Å². The third-order valence-electron chi connectivity index (χ3n) is 4.76. The summed E-state index contributed by atoms with van der Waals surface area (Å²) in [5.41, 5.74) is 1.97. The van der Waals surface area contributed by atoms with Crippen molar-refractivity contribution < 1.29 is 23.9 Å². The van der Waals surface area contributed by atoms with Crippen molar-refractivity contribution in [2.45, 2.75) is 19.4 Å². The molecule has 1 fully saturated rings. The van der Waals surface area contributed by atoms with Crippen LogP contribution in [-0.2, 0) is 16.1 Å². The van der Waals surface area contributed by atoms with Crippen LogP contribution in [0.3, 0.4) is 0 Å². The number of benzene rings is 2. The van der Waals surface area contributed by atoms with Crippen LogP contribution in [-0.4, -0.2) is 43.9 Å². The SMILES string of the molecule is COc1ccc(N(C)C(=O)c2ccc(CN3C(=O)CCC3=O)cc2)cc1OC. The third-order valence-corrected chi connectivity index (χ3v) is 4.76. The van der Waals surface area contributed by atoms with E-state index in [9.17, 15) is 14.4 Å². The van der Waals surface area contributed by atoms with Gasteiger partial charge in [0.25, 0.3) is 5.91 Å². The normalized spacial score (nSPS) is 13.6. The Bertz CT molecular complexity index is 892. The molecular formula is C21H22N2O5. The van der Waals surface area contributed by atoms with E-state index in [0.717, 1.165) is 5.56 Å². The number of methoxy groups -OCH3 is 2. The van der Waals surface area contributed by atoms with Gasteiger partial charge in [-0.15, -0.1) is 0 Å². The molecule has 1 saturated heterocycles. The molecule has 1 heterocycles. The van der Waals surface area contributed by atoms with Crippen LogP contribution in [0.15, 0.2) is 42.5 Å². The zero-order valence-electron chi connectivity index (χ0n) is 16.1. The quantitative estimate of drug-likeness (QED) is 0.718. The molecule has 0 radical (unpaired) electrons. The second kappa shape index (κ2) is 8.12. The lowest BCUT2D eigenvalue weighted by atomic mass is 10.1. The number of hydrogen-bond acceptors (Lipinski definition) is 5. The second-order valence-corrected chi connectivity index (χ2v) is 6.47.